The van der Waals surface area contributed by atoms with Gasteiger partial charge in [0, 0.05) is 24.5 Å². The van der Waals surface area contributed by atoms with Gasteiger partial charge in [0.2, 0.25) is 21.8 Å². The number of hydrogen-bond donors (Lipinski definition) is 1. The summed E-state index contributed by atoms with van der Waals surface area (Å²) in [7, 11) is -2.29. The Balaban J connectivity index is 2.04. The van der Waals surface area contributed by atoms with Gasteiger partial charge in [-0.3, -0.25) is 13.9 Å². The number of halogens is 1. The molecule has 40 heavy (non-hydrogen) atoms. The highest BCUT2D eigenvalue weighted by molar-refractivity contribution is 7.92. The van der Waals surface area contributed by atoms with Crippen molar-refractivity contribution in [1.82, 2.24) is 10.2 Å². The summed E-state index contributed by atoms with van der Waals surface area (Å²) in [5, 5.41) is 3.40. The fourth-order valence-corrected chi connectivity index (χ4v) is 5.22. The third-order valence-electron chi connectivity index (χ3n) is 6.38. The van der Waals surface area contributed by atoms with E-state index in [0.717, 1.165) is 34.5 Å². The van der Waals surface area contributed by atoms with Crippen molar-refractivity contribution in [2.45, 2.75) is 38.8 Å². The Kier molecular flexibility index (Phi) is 11.4. The normalized spacial score (nSPS) is 11.9. The van der Waals surface area contributed by atoms with Crippen molar-refractivity contribution < 1.29 is 22.7 Å². The standard InChI is InChI=1S/C30H36ClN3O5S/c1-4-5-18-32-30(36)28(20-23-10-7-6-8-11-23)33(21-24-12-9-13-27(19-24)39-2)29(35)22-34(40(3,37)38)26-16-14-25(31)15-17-26/h6-17,19,28H,4-5,18,20-22H2,1-3H3,(H,32,36). The van der Waals surface area contributed by atoms with Gasteiger partial charge in [-0.25, -0.2) is 8.42 Å². The van der Waals surface area contributed by atoms with Gasteiger partial charge in [0.15, 0.2) is 0 Å². The number of anilines is 1. The summed E-state index contributed by atoms with van der Waals surface area (Å²) in [6, 6.07) is 22.0. The SMILES string of the molecule is CCCCNC(=O)C(Cc1ccccc1)N(Cc1cccc(OC)c1)C(=O)CN(c1ccc(Cl)cc1)S(C)(=O)=O. The van der Waals surface area contributed by atoms with Crippen molar-refractivity contribution in [3.8, 4) is 5.75 Å². The van der Waals surface area contributed by atoms with Crippen LogP contribution >= 0.6 is 11.6 Å². The zero-order valence-corrected chi connectivity index (χ0v) is 24.6. The summed E-state index contributed by atoms with van der Waals surface area (Å²) in [5.74, 6) is -0.212. The van der Waals surface area contributed by atoms with Crippen LogP contribution in [0.1, 0.15) is 30.9 Å². The molecule has 214 valence electrons. The third kappa shape index (κ3) is 8.99. The zero-order valence-electron chi connectivity index (χ0n) is 23.0. The second-order valence-electron chi connectivity index (χ2n) is 9.47. The van der Waals surface area contributed by atoms with E-state index in [9.17, 15) is 18.0 Å². The molecule has 2 amide bonds. The molecule has 0 heterocycles. The molecule has 1 N–H and O–H groups in total. The number of carbonyl (C=O) groups excluding carboxylic acids is 2. The highest BCUT2D eigenvalue weighted by atomic mass is 35.5. The molecule has 0 aliphatic rings. The van der Waals surface area contributed by atoms with E-state index in [1.54, 1.807) is 49.6 Å². The number of nitrogens with zero attached hydrogens (tertiary/aromatic N) is 2. The van der Waals surface area contributed by atoms with Crippen molar-refractivity contribution in [3.63, 3.8) is 0 Å². The predicted molar refractivity (Wildman–Crippen MR) is 159 cm³/mol. The molecule has 0 aliphatic carbocycles. The number of benzene rings is 3. The Hall–Kier alpha value is -3.56. The van der Waals surface area contributed by atoms with E-state index in [1.807, 2.05) is 43.3 Å². The van der Waals surface area contributed by atoms with Gasteiger partial charge < -0.3 is 15.0 Å². The first-order valence-corrected chi connectivity index (χ1v) is 15.3. The first-order valence-electron chi connectivity index (χ1n) is 13.1. The molecular weight excluding hydrogens is 550 g/mol. The molecule has 0 aromatic heterocycles. The summed E-state index contributed by atoms with van der Waals surface area (Å²) in [6.45, 7) is 2.09. The monoisotopic (exact) mass is 585 g/mol. The Morgan fingerprint density at radius 1 is 0.975 bits per heavy atom. The molecule has 0 fully saturated rings. The van der Waals surface area contributed by atoms with Gasteiger partial charge in [0.05, 0.1) is 19.1 Å². The predicted octanol–water partition coefficient (Wildman–Crippen LogP) is 4.67. The quantitative estimate of drug-likeness (QED) is 0.277. The smallest absolute Gasteiger partial charge is 0.244 e. The zero-order chi connectivity index (χ0) is 29.1. The largest absolute Gasteiger partial charge is 0.497 e. The van der Waals surface area contributed by atoms with Gasteiger partial charge >= 0.3 is 0 Å². The Labute approximate surface area is 241 Å². The Bertz CT molecular complexity index is 1370. The highest BCUT2D eigenvalue weighted by Gasteiger charge is 2.33. The molecule has 0 radical (unpaired) electrons. The van der Waals surface area contributed by atoms with Crippen LogP contribution in [0.15, 0.2) is 78.9 Å². The fraction of sp³-hybridized carbons (Fsp3) is 0.333. The number of ether oxygens (including phenoxy) is 1. The lowest BCUT2D eigenvalue weighted by atomic mass is 10.0. The molecule has 0 saturated heterocycles. The second-order valence-corrected chi connectivity index (χ2v) is 11.8. The van der Waals surface area contributed by atoms with Crippen molar-refractivity contribution in [2.75, 3.05) is 30.8 Å². The van der Waals surface area contributed by atoms with E-state index in [2.05, 4.69) is 5.32 Å². The maximum absolute atomic E-state index is 14.0. The van der Waals surface area contributed by atoms with E-state index < -0.39 is 28.5 Å². The minimum Gasteiger partial charge on any atom is -0.497 e. The number of amides is 2. The topological polar surface area (TPSA) is 96.0 Å². The molecule has 1 unspecified atom stereocenters. The molecule has 1 atom stereocenters. The maximum atomic E-state index is 14.0. The minimum atomic E-state index is -3.84. The van der Waals surface area contributed by atoms with Gasteiger partial charge in [-0.1, -0.05) is 67.4 Å². The number of unbranched alkanes of at least 4 members (excludes halogenated alkanes) is 1. The third-order valence-corrected chi connectivity index (χ3v) is 7.77. The van der Waals surface area contributed by atoms with Crippen LogP contribution in [0.5, 0.6) is 5.75 Å². The summed E-state index contributed by atoms with van der Waals surface area (Å²) in [6.07, 6.45) is 3.00. The van der Waals surface area contributed by atoms with E-state index >= 15 is 0 Å². The lowest BCUT2D eigenvalue weighted by molar-refractivity contribution is -0.140. The Morgan fingerprint density at radius 2 is 1.65 bits per heavy atom. The van der Waals surface area contributed by atoms with Crippen LogP contribution < -0.4 is 14.4 Å². The van der Waals surface area contributed by atoms with E-state index in [-0.39, 0.29) is 18.9 Å². The average Bonchev–Trinajstić information content (AvgIpc) is 2.94. The first-order chi connectivity index (χ1) is 19.1. The number of nitrogens with one attached hydrogen (secondary N) is 1. The summed E-state index contributed by atoms with van der Waals surface area (Å²) < 4.78 is 32.0. The fourth-order valence-electron chi connectivity index (χ4n) is 4.25. The average molecular weight is 586 g/mol. The van der Waals surface area contributed by atoms with E-state index in [0.29, 0.717) is 23.0 Å². The molecule has 3 aromatic carbocycles. The summed E-state index contributed by atoms with van der Waals surface area (Å²) in [5.41, 5.74) is 1.91. The van der Waals surface area contributed by atoms with Gasteiger partial charge in [-0.2, -0.15) is 0 Å². The van der Waals surface area contributed by atoms with Crippen molar-refractivity contribution in [3.05, 3.63) is 95.0 Å². The molecule has 0 spiro atoms. The van der Waals surface area contributed by atoms with Crippen LogP contribution in [0.25, 0.3) is 0 Å². The van der Waals surface area contributed by atoms with Crippen molar-refractivity contribution in [1.29, 1.82) is 0 Å². The van der Waals surface area contributed by atoms with Gasteiger partial charge in [-0.15, -0.1) is 0 Å². The highest BCUT2D eigenvalue weighted by Crippen LogP contribution is 2.23. The van der Waals surface area contributed by atoms with Crippen LogP contribution in [0.4, 0.5) is 5.69 Å². The number of methoxy groups -OCH3 is 1. The molecule has 10 heteroatoms. The summed E-state index contributed by atoms with van der Waals surface area (Å²) >= 11 is 6.01. The molecule has 3 rings (SSSR count). The second kappa shape index (κ2) is 14.7. The molecule has 8 nitrogen and oxygen atoms in total. The van der Waals surface area contributed by atoms with Crippen LogP contribution in [-0.2, 0) is 32.6 Å². The van der Waals surface area contributed by atoms with E-state index in [1.165, 1.54) is 4.90 Å². The van der Waals surface area contributed by atoms with Gasteiger partial charge in [0.1, 0.15) is 18.3 Å². The van der Waals surface area contributed by atoms with Gasteiger partial charge in [-0.05, 0) is 53.9 Å². The lowest BCUT2D eigenvalue weighted by Crippen LogP contribution is -2.53. The summed E-state index contributed by atoms with van der Waals surface area (Å²) in [4.78, 5) is 29.1. The minimum absolute atomic E-state index is 0.0763. The molecule has 0 saturated carbocycles. The van der Waals surface area contributed by atoms with Crippen LogP contribution in [0.2, 0.25) is 5.02 Å². The number of sulfonamides is 1. The Morgan fingerprint density at radius 3 is 2.27 bits per heavy atom. The maximum Gasteiger partial charge on any atom is 0.244 e. The first kappa shape index (κ1) is 31.0. The molecule has 3 aromatic rings. The van der Waals surface area contributed by atoms with E-state index in [4.69, 9.17) is 16.3 Å². The van der Waals surface area contributed by atoms with Crippen LogP contribution in [0.3, 0.4) is 0 Å². The number of rotatable bonds is 14. The van der Waals surface area contributed by atoms with Crippen molar-refractivity contribution >= 4 is 39.1 Å². The van der Waals surface area contributed by atoms with Crippen molar-refractivity contribution in [2.24, 2.45) is 0 Å². The number of hydrogen-bond acceptors (Lipinski definition) is 5. The molecule has 0 bridgehead atoms. The van der Waals surface area contributed by atoms with Crippen LogP contribution in [-0.4, -0.2) is 57.6 Å². The van der Waals surface area contributed by atoms with Crippen LogP contribution in [0, 0.1) is 0 Å². The lowest BCUT2D eigenvalue weighted by Gasteiger charge is -2.33. The number of carbonyl (C=O) groups is 2. The van der Waals surface area contributed by atoms with Gasteiger partial charge in [0.25, 0.3) is 0 Å². The molecular formula is C30H36ClN3O5S. The molecule has 0 aliphatic heterocycles.